The van der Waals surface area contributed by atoms with Gasteiger partial charge in [-0.2, -0.15) is 0 Å². The first-order valence-electron chi connectivity index (χ1n) is 8.18. The van der Waals surface area contributed by atoms with E-state index in [1.54, 1.807) is 12.1 Å². The quantitative estimate of drug-likeness (QED) is 0.899. The Balaban J connectivity index is 1.70. The van der Waals surface area contributed by atoms with Crippen molar-refractivity contribution in [3.05, 3.63) is 29.8 Å². The van der Waals surface area contributed by atoms with Crippen LogP contribution in [0.4, 0.5) is 0 Å². The zero-order valence-electron chi connectivity index (χ0n) is 12.7. The van der Waals surface area contributed by atoms with Crippen molar-refractivity contribution in [2.24, 2.45) is 5.92 Å². The van der Waals surface area contributed by atoms with E-state index >= 15 is 0 Å². The molecule has 1 aromatic rings. The highest BCUT2D eigenvalue weighted by molar-refractivity contribution is 7.89. The van der Waals surface area contributed by atoms with E-state index in [0.29, 0.717) is 16.7 Å². The molecule has 0 heterocycles. The molecule has 2 fully saturated rings. The van der Waals surface area contributed by atoms with Crippen LogP contribution in [0.2, 0.25) is 0 Å². The van der Waals surface area contributed by atoms with Crippen molar-refractivity contribution in [3.8, 4) is 0 Å². The Morgan fingerprint density at radius 2 is 1.62 bits per heavy atom. The van der Waals surface area contributed by atoms with E-state index in [2.05, 4.69) is 4.72 Å². The van der Waals surface area contributed by atoms with Crippen molar-refractivity contribution in [2.45, 2.75) is 68.7 Å². The smallest absolute Gasteiger partial charge is 0.208 e. The van der Waals surface area contributed by atoms with Crippen molar-refractivity contribution in [1.29, 1.82) is 0 Å². The third-order valence-electron chi connectivity index (χ3n) is 4.94. The van der Waals surface area contributed by atoms with E-state index in [1.807, 2.05) is 19.1 Å². The fraction of sp³-hybridized carbons (Fsp3) is 0.647. The van der Waals surface area contributed by atoms with Gasteiger partial charge in [-0.3, -0.25) is 0 Å². The molecule has 4 heteroatoms. The molecule has 0 radical (unpaired) electrons. The van der Waals surface area contributed by atoms with Crippen molar-refractivity contribution in [3.63, 3.8) is 0 Å². The zero-order valence-corrected chi connectivity index (χ0v) is 13.5. The van der Waals surface area contributed by atoms with Gasteiger partial charge in [0.2, 0.25) is 10.0 Å². The lowest BCUT2D eigenvalue weighted by molar-refractivity contribution is 0.443. The summed E-state index contributed by atoms with van der Waals surface area (Å²) in [5.74, 6) is 1.15. The van der Waals surface area contributed by atoms with Crippen LogP contribution in [0.5, 0.6) is 0 Å². The molecule has 21 heavy (non-hydrogen) atoms. The molecule has 116 valence electrons. The van der Waals surface area contributed by atoms with E-state index in [0.717, 1.165) is 12.8 Å². The first-order chi connectivity index (χ1) is 10.1. The molecule has 3 nitrogen and oxygen atoms in total. The molecule has 1 N–H and O–H groups in total. The zero-order chi connectivity index (χ0) is 14.9. The molecular weight excluding hydrogens is 282 g/mol. The molecule has 2 saturated carbocycles. The summed E-state index contributed by atoms with van der Waals surface area (Å²) in [6.07, 6.45) is 8.70. The first kappa shape index (κ1) is 15.0. The maximum atomic E-state index is 12.4. The molecule has 2 aliphatic carbocycles. The predicted octanol–water partition coefficient (Wildman–Crippen LogP) is 3.81. The maximum absolute atomic E-state index is 12.4. The average molecular weight is 307 g/mol. The van der Waals surface area contributed by atoms with Gasteiger partial charge in [-0.1, -0.05) is 31.4 Å². The lowest BCUT2D eigenvalue weighted by Crippen LogP contribution is -2.34. The Morgan fingerprint density at radius 3 is 2.19 bits per heavy atom. The minimum Gasteiger partial charge on any atom is -0.208 e. The number of sulfonamides is 1. The van der Waals surface area contributed by atoms with Crippen LogP contribution >= 0.6 is 0 Å². The Hall–Kier alpha value is -0.870. The minimum absolute atomic E-state index is 0.0491. The number of nitrogens with one attached hydrogen (secondary N) is 1. The van der Waals surface area contributed by atoms with Crippen LogP contribution in [0.15, 0.2) is 29.2 Å². The topological polar surface area (TPSA) is 46.2 Å². The molecule has 0 aliphatic heterocycles. The van der Waals surface area contributed by atoms with Gasteiger partial charge < -0.3 is 0 Å². The lowest BCUT2D eigenvalue weighted by atomic mass is 9.84. The van der Waals surface area contributed by atoms with E-state index in [1.165, 1.54) is 37.7 Å². The predicted molar refractivity (Wildman–Crippen MR) is 84.8 cm³/mol. The standard InChI is InChI=1S/C17H25NO2S/c1-13(14-7-8-14)18-21(19,20)17-11-9-16(10-12-17)15-5-3-2-4-6-15/h9-15,18H,2-8H2,1H3/t13-/m1/s1. The highest BCUT2D eigenvalue weighted by Gasteiger charge is 2.31. The number of rotatable bonds is 5. The van der Waals surface area contributed by atoms with Crippen LogP contribution in [0.1, 0.15) is 63.4 Å². The summed E-state index contributed by atoms with van der Waals surface area (Å²) in [5.41, 5.74) is 1.30. The summed E-state index contributed by atoms with van der Waals surface area (Å²) in [6, 6.07) is 7.60. The second-order valence-corrected chi connectivity index (χ2v) is 8.37. The molecule has 1 atom stereocenters. The van der Waals surface area contributed by atoms with Crippen LogP contribution in [-0.2, 0) is 10.0 Å². The van der Waals surface area contributed by atoms with E-state index in [9.17, 15) is 8.42 Å². The molecule has 0 spiro atoms. The molecule has 0 saturated heterocycles. The van der Waals surface area contributed by atoms with Gasteiger partial charge in [-0.05, 0) is 62.1 Å². The van der Waals surface area contributed by atoms with Crippen molar-refractivity contribution in [1.82, 2.24) is 4.72 Å². The van der Waals surface area contributed by atoms with Gasteiger partial charge in [0.1, 0.15) is 0 Å². The highest BCUT2D eigenvalue weighted by atomic mass is 32.2. The fourth-order valence-electron chi connectivity index (χ4n) is 3.36. The Labute approximate surface area is 128 Å². The Morgan fingerprint density at radius 1 is 1.00 bits per heavy atom. The molecule has 0 amide bonds. The summed E-state index contributed by atoms with van der Waals surface area (Å²) >= 11 is 0. The second-order valence-electron chi connectivity index (χ2n) is 6.65. The second kappa shape index (κ2) is 6.09. The summed E-state index contributed by atoms with van der Waals surface area (Å²) in [4.78, 5) is 0.398. The van der Waals surface area contributed by atoms with Gasteiger partial charge in [0.15, 0.2) is 0 Å². The lowest BCUT2D eigenvalue weighted by Gasteiger charge is -2.22. The average Bonchev–Trinajstić information content (AvgIpc) is 3.33. The Bertz CT molecular complexity index is 569. The van der Waals surface area contributed by atoms with Crippen LogP contribution in [0.3, 0.4) is 0 Å². The van der Waals surface area contributed by atoms with Crippen molar-refractivity contribution < 1.29 is 8.42 Å². The number of hydrogen-bond acceptors (Lipinski definition) is 2. The van der Waals surface area contributed by atoms with Crippen LogP contribution < -0.4 is 4.72 Å². The maximum Gasteiger partial charge on any atom is 0.240 e. The fourth-order valence-corrected chi connectivity index (χ4v) is 4.67. The molecule has 3 rings (SSSR count). The van der Waals surface area contributed by atoms with Crippen LogP contribution in [-0.4, -0.2) is 14.5 Å². The van der Waals surface area contributed by atoms with Gasteiger partial charge >= 0.3 is 0 Å². The monoisotopic (exact) mass is 307 g/mol. The van der Waals surface area contributed by atoms with E-state index in [-0.39, 0.29) is 6.04 Å². The molecule has 0 bridgehead atoms. The minimum atomic E-state index is -3.36. The van der Waals surface area contributed by atoms with Crippen LogP contribution in [0.25, 0.3) is 0 Å². The van der Waals surface area contributed by atoms with Crippen LogP contribution in [0, 0.1) is 5.92 Å². The van der Waals surface area contributed by atoms with E-state index < -0.39 is 10.0 Å². The normalized spacial score (nSPS) is 22.1. The molecular formula is C17H25NO2S. The molecule has 2 aliphatic rings. The number of hydrogen-bond donors (Lipinski definition) is 1. The summed E-state index contributed by atoms with van der Waals surface area (Å²) in [6.45, 7) is 1.96. The summed E-state index contributed by atoms with van der Waals surface area (Å²) in [5, 5.41) is 0. The largest absolute Gasteiger partial charge is 0.240 e. The first-order valence-corrected chi connectivity index (χ1v) is 9.67. The van der Waals surface area contributed by atoms with Gasteiger partial charge in [-0.25, -0.2) is 13.1 Å². The Kier molecular flexibility index (Phi) is 4.36. The summed E-state index contributed by atoms with van der Waals surface area (Å²) in [7, 11) is -3.36. The van der Waals surface area contributed by atoms with E-state index in [4.69, 9.17) is 0 Å². The molecule has 0 unspecified atom stereocenters. The third-order valence-corrected chi connectivity index (χ3v) is 6.51. The number of benzene rings is 1. The highest BCUT2D eigenvalue weighted by Crippen LogP contribution is 2.34. The van der Waals surface area contributed by atoms with Gasteiger partial charge in [0.05, 0.1) is 4.90 Å². The van der Waals surface area contributed by atoms with Gasteiger partial charge in [0.25, 0.3) is 0 Å². The van der Waals surface area contributed by atoms with Gasteiger partial charge in [0, 0.05) is 6.04 Å². The summed E-state index contributed by atoms with van der Waals surface area (Å²) < 4.78 is 27.5. The van der Waals surface area contributed by atoms with Gasteiger partial charge in [-0.15, -0.1) is 0 Å². The molecule has 0 aromatic heterocycles. The molecule has 1 aromatic carbocycles. The van der Waals surface area contributed by atoms with Crippen molar-refractivity contribution >= 4 is 10.0 Å². The third kappa shape index (κ3) is 3.67. The van der Waals surface area contributed by atoms with Crippen molar-refractivity contribution in [2.75, 3.05) is 0 Å². The SMILES string of the molecule is C[C@@H](NS(=O)(=O)c1ccc(C2CCCCC2)cc1)C1CC1.